The normalized spacial score (nSPS) is 11.6. The highest BCUT2D eigenvalue weighted by molar-refractivity contribution is 5.90. The number of halogens is 2. The maximum atomic E-state index is 13.4. The van der Waals surface area contributed by atoms with Crippen molar-refractivity contribution in [1.82, 2.24) is 29.1 Å². The first-order valence-electron chi connectivity index (χ1n) is 8.19. The number of hydrogen-bond donors (Lipinski definition) is 0. The van der Waals surface area contributed by atoms with Crippen LogP contribution in [0.15, 0.2) is 36.8 Å². The molecule has 0 unspecified atom stereocenters. The third-order valence-electron chi connectivity index (χ3n) is 4.16. The van der Waals surface area contributed by atoms with Gasteiger partial charge in [-0.1, -0.05) is 19.1 Å². The summed E-state index contributed by atoms with van der Waals surface area (Å²) in [6.45, 7) is -1.34. The van der Waals surface area contributed by atoms with E-state index in [1.165, 1.54) is 23.1 Å². The van der Waals surface area contributed by atoms with E-state index in [-0.39, 0.29) is 16.9 Å². The number of ether oxygens (including phenoxy) is 1. The van der Waals surface area contributed by atoms with Crippen LogP contribution in [0.25, 0.3) is 16.8 Å². The lowest BCUT2D eigenvalue weighted by Crippen LogP contribution is -2.15. The van der Waals surface area contributed by atoms with Crippen molar-refractivity contribution in [3.63, 3.8) is 0 Å². The van der Waals surface area contributed by atoms with Crippen LogP contribution in [-0.2, 0) is 17.8 Å². The Bertz CT molecular complexity index is 1140. The van der Waals surface area contributed by atoms with E-state index < -0.39 is 19.1 Å². The first-order chi connectivity index (χ1) is 13.1. The summed E-state index contributed by atoms with van der Waals surface area (Å²) in [5.74, 6) is -0.361. The third kappa shape index (κ3) is 2.88. The molecule has 0 aliphatic rings. The Morgan fingerprint density at radius 3 is 2.85 bits per heavy atom. The molecule has 0 saturated carbocycles. The minimum Gasteiger partial charge on any atom is -0.454 e. The van der Waals surface area contributed by atoms with E-state index in [0.29, 0.717) is 23.4 Å². The molecule has 4 aromatic rings. The maximum absolute atomic E-state index is 13.4. The molecule has 0 aliphatic carbocycles. The Balaban J connectivity index is 1.64. The minimum absolute atomic E-state index is 0.0348. The lowest BCUT2D eigenvalue weighted by atomic mass is 10.2. The molecule has 27 heavy (non-hydrogen) atoms. The van der Waals surface area contributed by atoms with Crippen molar-refractivity contribution in [2.45, 2.75) is 26.5 Å². The fraction of sp³-hybridized carbons (Fsp3) is 0.235. The molecule has 3 aromatic heterocycles. The molecule has 4 rings (SSSR count). The summed E-state index contributed by atoms with van der Waals surface area (Å²) in [6.07, 6.45) is 3.17. The smallest absolute Gasteiger partial charge is 0.342 e. The van der Waals surface area contributed by atoms with Crippen LogP contribution in [-0.4, -0.2) is 35.1 Å². The van der Waals surface area contributed by atoms with Gasteiger partial charge in [0.05, 0.1) is 22.3 Å². The Labute approximate surface area is 151 Å². The average Bonchev–Trinajstić information content (AvgIpc) is 3.29. The van der Waals surface area contributed by atoms with Crippen LogP contribution >= 0.6 is 0 Å². The number of para-hydroxylation sites is 2. The molecule has 0 fully saturated rings. The second-order valence-corrected chi connectivity index (χ2v) is 5.68. The molecular formula is C17H14F2N6O2. The Morgan fingerprint density at radius 1 is 1.26 bits per heavy atom. The highest BCUT2D eigenvalue weighted by Gasteiger charge is 2.21. The molecular weight excluding hydrogens is 358 g/mol. The first-order valence-corrected chi connectivity index (χ1v) is 8.19. The number of carbonyl (C=O) groups is 1. The summed E-state index contributed by atoms with van der Waals surface area (Å²) >= 11 is 0. The summed E-state index contributed by atoms with van der Waals surface area (Å²) in [6, 6.07) is 6.51. The van der Waals surface area contributed by atoms with Crippen molar-refractivity contribution in [2.75, 3.05) is 0 Å². The highest BCUT2D eigenvalue weighted by atomic mass is 19.3. The summed E-state index contributed by atoms with van der Waals surface area (Å²) in [7, 11) is 0. The standard InChI is InChI=1S/C17H14F2N6O2/c1-2-12-10(7-20-17-21-9-22-25(12)17)15(26)27-8-14-23-11-5-3-4-6-13(11)24(14)16(18)19/h3-7,9,16H,2,8H2,1H3. The number of benzene rings is 1. The number of alkyl halides is 2. The van der Waals surface area contributed by atoms with Crippen LogP contribution in [0.2, 0.25) is 0 Å². The van der Waals surface area contributed by atoms with Crippen LogP contribution < -0.4 is 0 Å². The van der Waals surface area contributed by atoms with Crippen LogP contribution in [0.4, 0.5) is 8.78 Å². The topological polar surface area (TPSA) is 87.2 Å². The number of carbonyl (C=O) groups excluding carboxylic acids is 1. The van der Waals surface area contributed by atoms with Gasteiger partial charge in [-0.2, -0.15) is 18.9 Å². The van der Waals surface area contributed by atoms with Gasteiger partial charge in [-0.05, 0) is 18.6 Å². The second-order valence-electron chi connectivity index (χ2n) is 5.68. The van der Waals surface area contributed by atoms with Crippen molar-refractivity contribution in [3.8, 4) is 0 Å². The molecule has 8 nitrogen and oxygen atoms in total. The van der Waals surface area contributed by atoms with Gasteiger partial charge in [0.25, 0.3) is 5.78 Å². The van der Waals surface area contributed by atoms with Crippen molar-refractivity contribution in [2.24, 2.45) is 0 Å². The molecule has 0 saturated heterocycles. The summed E-state index contributed by atoms with van der Waals surface area (Å²) in [5, 5.41) is 4.04. The van der Waals surface area contributed by atoms with Gasteiger partial charge in [-0.15, -0.1) is 0 Å². The highest BCUT2D eigenvalue weighted by Crippen LogP contribution is 2.24. The Kier molecular flexibility index (Phi) is 4.22. The second kappa shape index (κ2) is 6.71. The number of hydrogen-bond acceptors (Lipinski definition) is 6. The molecule has 0 aliphatic heterocycles. The number of esters is 1. The average molecular weight is 372 g/mol. The van der Waals surface area contributed by atoms with Crippen LogP contribution in [0.3, 0.4) is 0 Å². The molecule has 0 bridgehead atoms. The number of aromatic nitrogens is 6. The molecule has 138 valence electrons. The van der Waals surface area contributed by atoms with E-state index >= 15 is 0 Å². The number of nitrogens with zero attached hydrogens (tertiary/aromatic N) is 6. The van der Waals surface area contributed by atoms with Gasteiger partial charge < -0.3 is 4.74 Å². The largest absolute Gasteiger partial charge is 0.454 e. The monoisotopic (exact) mass is 372 g/mol. The molecule has 0 atom stereocenters. The van der Waals surface area contributed by atoms with Crippen molar-refractivity contribution in [3.05, 3.63) is 53.9 Å². The zero-order valence-corrected chi connectivity index (χ0v) is 14.2. The third-order valence-corrected chi connectivity index (χ3v) is 4.16. The van der Waals surface area contributed by atoms with Crippen molar-refractivity contribution in [1.29, 1.82) is 0 Å². The maximum Gasteiger partial charge on any atom is 0.342 e. The summed E-state index contributed by atoms with van der Waals surface area (Å²) in [4.78, 5) is 24.7. The van der Waals surface area contributed by atoms with E-state index in [4.69, 9.17) is 4.74 Å². The lowest BCUT2D eigenvalue weighted by molar-refractivity contribution is 0.0385. The van der Waals surface area contributed by atoms with E-state index in [9.17, 15) is 13.6 Å². The van der Waals surface area contributed by atoms with Gasteiger partial charge in [0.15, 0.2) is 5.82 Å². The summed E-state index contributed by atoms with van der Waals surface area (Å²) in [5.41, 5.74) is 1.46. The van der Waals surface area contributed by atoms with Crippen LogP contribution in [0.5, 0.6) is 0 Å². The zero-order valence-electron chi connectivity index (χ0n) is 14.2. The van der Waals surface area contributed by atoms with Gasteiger partial charge in [0.1, 0.15) is 12.9 Å². The number of aryl methyl sites for hydroxylation is 1. The molecule has 0 amide bonds. The predicted molar refractivity (Wildman–Crippen MR) is 90.3 cm³/mol. The Hall–Kier alpha value is -3.43. The zero-order chi connectivity index (χ0) is 19.0. The van der Waals surface area contributed by atoms with Crippen molar-refractivity contribution >= 4 is 22.8 Å². The van der Waals surface area contributed by atoms with E-state index in [0.717, 1.165) is 4.57 Å². The molecule has 0 spiro atoms. The van der Waals surface area contributed by atoms with E-state index in [1.54, 1.807) is 18.2 Å². The van der Waals surface area contributed by atoms with Crippen LogP contribution in [0, 0.1) is 0 Å². The first kappa shape index (κ1) is 17.0. The van der Waals surface area contributed by atoms with Crippen molar-refractivity contribution < 1.29 is 18.3 Å². The van der Waals surface area contributed by atoms with Gasteiger partial charge in [0.2, 0.25) is 0 Å². The molecule has 3 heterocycles. The molecule has 0 N–H and O–H groups in total. The predicted octanol–water partition coefficient (Wildman–Crippen LogP) is 2.79. The van der Waals surface area contributed by atoms with Crippen LogP contribution in [0.1, 0.15) is 35.3 Å². The number of fused-ring (bicyclic) bond motifs is 2. The minimum atomic E-state index is -2.80. The number of rotatable bonds is 5. The van der Waals surface area contributed by atoms with Gasteiger partial charge in [-0.3, -0.25) is 4.57 Å². The molecule has 10 heteroatoms. The van der Waals surface area contributed by atoms with Gasteiger partial charge in [0, 0.05) is 6.20 Å². The number of imidazole rings is 1. The van der Waals surface area contributed by atoms with E-state index in [1.807, 2.05) is 6.92 Å². The Morgan fingerprint density at radius 2 is 2.07 bits per heavy atom. The fourth-order valence-corrected chi connectivity index (χ4v) is 2.96. The SMILES string of the molecule is CCc1c(C(=O)OCc2nc3ccccc3n2C(F)F)cnc2ncnn12. The van der Waals surface area contributed by atoms with Gasteiger partial charge >= 0.3 is 12.5 Å². The van der Waals surface area contributed by atoms with E-state index in [2.05, 4.69) is 20.1 Å². The summed E-state index contributed by atoms with van der Waals surface area (Å²) < 4.78 is 34.3. The molecule has 1 aromatic carbocycles. The fourth-order valence-electron chi connectivity index (χ4n) is 2.96. The quantitative estimate of drug-likeness (QED) is 0.501. The lowest BCUT2D eigenvalue weighted by Gasteiger charge is -2.10. The molecule has 0 radical (unpaired) electrons. The van der Waals surface area contributed by atoms with Gasteiger partial charge in [-0.25, -0.2) is 19.3 Å².